The fourth-order valence-corrected chi connectivity index (χ4v) is 4.01. The molecule has 0 N–H and O–H groups in total. The summed E-state index contributed by atoms with van der Waals surface area (Å²) in [6.45, 7) is 12.0. The van der Waals surface area contributed by atoms with Crippen molar-refractivity contribution in [1.29, 1.82) is 0 Å². The summed E-state index contributed by atoms with van der Waals surface area (Å²) in [5, 5.41) is 4.81. The van der Waals surface area contributed by atoms with Crippen molar-refractivity contribution in [3.63, 3.8) is 0 Å². The minimum atomic E-state index is -0.668. The molecule has 0 bridgehead atoms. The third kappa shape index (κ3) is 5.46. The molecule has 0 aliphatic rings. The average molecular weight is 492 g/mol. The lowest BCUT2D eigenvalue weighted by molar-refractivity contribution is 0.0575. The zero-order valence-electron chi connectivity index (χ0n) is 20.9. The van der Waals surface area contributed by atoms with Crippen LogP contribution in [0.4, 0.5) is 10.6 Å². The van der Waals surface area contributed by atoms with Gasteiger partial charge in [0, 0.05) is 23.4 Å². The molecule has 0 saturated heterocycles. The molecule has 4 aromatic rings. The zero-order chi connectivity index (χ0) is 25.3. The highest BCUT2D eigenvalue weighted by Gasteiger charge is 2.27. The van der Waals surface area contributed by atoms with Gasteiger partial charge in [0.05, 0.1) is 18.4 Å². The second-order valence-electron chi connectivity index (χ2n) is 9.86. The Balaban J connectivity index is 1.75. The molecule has 0 aliphatic carbocycles. The van der Waals surface area contributed by atoms with E-state index in [9.17, 15) is 4.79 Å². The van der Waals surface area contributed by atoms with E-state index in [1.54, 1.807) is 27.9 Å². The summed E-state index contributed by atoms with van der Waals surface area (Å²) >= 11 is 6.41. The molecule has 0 atom stereocenters. The summed E-state index contributed by atoms with van der Waals surface area (Å²) in [5.41, 5.74) is 4.88. The zero-order valence-corrected chi connectivity index (χ0v) is 21.7. The van der Waals surface area contributed by atoms with Crippen molar-refractivity contribution in [1.82, 2.24) is 19.6 Å². The van der Waals surface area contributed by atoms with E-state index in [0.717, 1.165) is 27.9 Å². The van der Waals surface area contributed by atoms with Crippen molar-refractivity contribution in [2.24, 2.45) is 0 Å². The summed E-state index contributed by atoms with van der Waals surface area (Å²) in [7, 11) is 0. The van der Waals surface area contributed by atoms with Crippen molar-refractivity contribution in [3.05, 3.63) is 76.7 Å². The lowest BCUT2D eigenvalue weighted by Gasteiger charge is -2.28. The lowest BCUT2D eigenvalue weighted by atomic mass is 10.0. The SMILES string of the molecule is Cc1cccnc1-c1ccc(CN(C(=O)OC(C)(C)C)c2cc(Cl)nc3c(C(C)C)cnn23)cc1. The summed E-state index contributed by atoms with van der Waals surface area (Å²) in [4.78, 5) is 23.9. The Morgan fingerprint density at radius 2 is 1.89 bits per heavy atom. The maximum Gasteiger partial charge on any atom is 0.416 e. The minimum absolute atomic E-state index is 0.198. The van der Waals surface area contributed by atoms with Crippen LogP contribution in [0.25, 0.3) is 16.9 Å². The highest BCUT2D eigenvalue weighted by atomic mass is 35.5. The van der Waals surface area contributed by atoms with Crippen LogP contribution in [0.1, 0.15) is 57.2 Å². The first kappa shape index (κ1) is 24.7. The van der Waals surface area contributed by atoms with E-state index in [1.165, 1.54) is 0 Å². The molecule has 182 valence electrons. The van der Waals surface area contributed by atoms with Gasteiger partial charge >= 0.3 is 6.09 Å². The molecule has 0 spiro atoms. The van der Waals surface area contributed by atoms with Gasteiger partial charge in [-0.05, 0) is 50.8 Å². The maximum atomic E-state index is 13.4. The number of ether oxygens (including phenoxy) is 1. The minimum Gasteiger partial charge on any atom is -0.443 e. The van der Waals surface area contributed by atoms with Gasteiger partial charge in [0.15, 0.2) is 5.65 Å². The van der Waals surface area contributed by atoms with Gasteiger partial charge in [0.25, 0.3) is 0 Å². The monoisotopic (exact) mass is 491 g/mol. The molecule has 0 radical (unpaired) electrons. The number of pyridine rings is 1. The Bertz CT molecular complexity index is 1360. The Kier molecular flexibility index (Phi) is 6.81. The van der Waals surface area contributed by atoms with Crippen LogP contribution >= 0.6 is 11.6 Å². The van der Waals surface area contributed by atoms with Gasteiger partial charge in [-0.25, -0.2) is 9.78 Å². The third-order valence-electron chi connectivity index (χ3n) is 5.54. The number of aromatic nitrogens is 4. The van der Waals surface area contributed by atoms with Crippen LogP contribution in [0.3, 0.4) is 0 Å². The normalized spacial score (nSPS) is 11.8. The summed E-state index contributed by atoms with van der Waals surface area (Å²) in [6, 6.07) is 13.6. The van der Waals surface area contributed by atoms with Gasteiger partial charge < -0.3 is 4.74 Å². The van der Waals surface area contributed by atoms with Gasteiger partial charge in [0.2, 0.25) is 0 Å². The van der Waals surface area contributed by atoms with Crippen molar-refractivity contribution < 1.29 is 9.53 Å². The van der Waals surface area contributed by atoms with E-state index in [2.05, 4.69) is 28.9 Å². The van der Waals surface area contributed by atoms with Crippen LogP contribution in [-0.2, 0) is 11.3 Å². The van der Waals surface area contributed by atoms with Gasteiger partial charge in [-0.1, -0.05) is 55.8 Å². The van der Waals surface area contributed by atoms with E-state index in [0.29, 0.717) is 11.5 Å². The predicted molar refractivity (Wildman–Crippen MR) is 139 cm³/mol. The molecule has 0 saturated carbocycles. The van der Waals surface area contributed by atoms with Gasteiger partial charge in [-0.3, -0.25) is 9.88 Å². The molecule has 7 nitrogen and oxygen atoms in total. The number of fused-ring (bicyclic) bond motifs is 1. The molecule has 35 heavy (non-hydrogen) atoms. The van der Waals surface area contributed by atoms with E-state index in [1.807, 2.05) is 64.1 Å². The number of halogens is 1. The Hall–Kier alpha value is -3.45. The number of benzene rings is 1. The molecule has 1 amide bonds. The largest absolute Gasteiger partial charge is 0.443 e. The van der Waals surface area contributed by atoms with E-state index < -0.39 is 11.7 Å². The number of carbonyl (C=O) groups is 1. The van der Waals surface area contributed by atoms with Gasteiger partial charge in [-0.15, -0.1) is 0 Å². The molecule has 0 unspecified atom stereocenters. The maximum absolute atomic E-state index is 13.4. The summed E-state index contributed by atoms with van der Waals surface area (Å²) < 4.78 is 7.40. The highest BCUT2D eigenvalue weighted by molar-refractivity contribution is 6.29. The van der Waals surface area contributed by atoms with Crippen LogP contribution in [0.2, 0.25) is 5.15 Å². The fraction of sp³-hybridized carbons (Fsp3) is 0.333. The van der Waals surface area contributed by atoms with Crippen LogP contribution < -0.4 is 4.90 Å². The first-order valence-corrected chi connectivity index (χ1v) is 12.0. The lowest BCUT2D eigenvalue weighted by Crippen LogP contribution is -2.37. The molecular weight excluding hydrogens is 462 g/mol. The molecule has 8 heteroatoms. The molecule has 3 heterocycles. The standard InChI is InChI=1S/C27H30ClN5O2/c1-17(2)21-15-30-33-23(14-22(28)31-25(21)33)32(26(34)35-27(4,5)6)16-19-9-11-20(12-10-19)24-18(3)8-7-13-29-24/h7-15,17H,16H2,1-6H3. The summed E-state index contributed by atoms with van der Waals surface area (Å²) in [6.07, 6.45) is 3.06. The molecule has 4 rings (SSSR count). The van der Waals surface area contributed by atoms with E-state index in [4.69, 9.17) is 16.3 Å². The van der Waals surface area contributed by atoms with Crippen molar-refractivity contribution >= 4 is 29.2 Å². The molecule has 3 aromatic heterocycles. The van der Waals surface area contributed by atoms with Gasteiger partial charge in [0.1, 0.15) is 16.6 Å². The van der Waals surface area contributed by atoms with Crippen LogP contribution in [0.15, 0.2) is 54.9 Å². The Morgan fingerprint density at radius 1 is 1.17 bits per heavy atom. The predicted octanol–water partition coefficient (Wildman–Crippen LogP) is 6.82. The molecule has 1 aromatic carbocycles. The fourth-order valence-electron chi connectivity index (χ4n) is 3.83. The number of amides is 1. The number of nitrogens with zero attached hydrogens (tertiary/aromatic N) is 5. The second kappa shape index (κ2) is 9.66. The first-order valence-electron chi connectivity index (χ1n) is 11.6. The van der Waals surface area contributed by atoms with E-state index in [-0.39, 0.29) is 17.6 Å². The number of carbonyl (C=O) groups excluding carboxylic acids is 1. The van der Waals surface area contributed by atoms with Crippen LogP contribution in [0.5, 0.6) is 0 Å². The molecular formula is C27H30ClN5O2. The second-order valence-corrected chi connectivity index (χ2v) is 10.2. The summed E-state index contributed by atoms with van der Waals surface area (Å²) in [5.74, 6) is 0.690. The first-order chi connectivity index (χ1) is 16.5. The van der Waals surface area contributed by atoms with Crippen molar-refractivity contribution in [3.8, 4) is 11.3 Å². The van der Waals surface area contributed by atoms with Crippen molar-refractivity contribution in [2.75, 3.05) is 4.90 Å². The molecule has 0 fully saturated rings. The quantitative estimate of drug-likeness (QED) is 0.286. The number of anilines is 1. The van der Waals surface area contributed by atoms with Crippen LogP contribution in [0, 0.1) is 6.92 Å². The number of aryl methyl sites for hydroxylation is 1. The van der Waals surface area contributed by atoms with Crippen molar-refractivity contribution in [2.45, 2.75) is 59.6 Å². The Labute approximate surface area is 210 Å². The average Bonchev–Trinajstić information content (AvgIpc) is 3.21. The number of hydrogen-bond acceptors (Lipinski definition) is 5. The van der Waals surface area contributed by atoms with Gasteiger partial charge in [-0.2, -0.15) is 9.61 Å². The van der Waals surface area contributed by atoms with Crippen LogP contribution in [-0.4, -0.2) is 31.3 Å². The Morgan fingerprint density at radius 3 is 2.51 bits per heavy atom. The third-order valence-corrected chi connectivity index (χ3v) is 5.73. The number of rotatable bonds is 5. The number of hydrogen-bond donors (Lipinski definition) is 0. The van der Waals surface area contributed by atoms with E-state index >= 15 is 0 Å². The molecule has 0 aliphatic heterocycles. The smallest absolute Gasteiger partial charge is 0.416 e. The highest BCUT2D eigenvalue weighted by Crippen LogP contribution is 2.29. The topological polar surface area (TPSA) is 72.6 Å².